The van der Waals surface area contributed by atoms with Crippen molar-refractivity contribution in [2.75, 3.05) is 24.7 Å². The smallest absolute Gasteiger partial charge is 0.234 e. The number of carbonyl (C=O) groups is 1. The summed E-state index contributed by atoms with van der Waals surface area (Å²) in [5, 5.41) is 9.48. The van der Waals surface area contributed by atoms with Crippen LogP contribution < -0.4 is 10.1 Å². The maximum atomic E-state index is 12.2. The van der Waals surface area contributed by atoms with Crippen molar-refractivity contribution in [1.82, 2.24) is 5.01 Å². The molecule has 0 aromatic heterocycles. The third-order valence-electron chi connectivity index (χ3n) is 3.80. The van der Waals surface area contributed by atoms with Crippen LogP contribution in [0.5, 0.6) is 5.75 Å². The Labute approximate surface area is 163 Å². The van der Waals surface area contributed by atoms with E-state index in [0.29, 0.717) is 17.6 Å². The number of aliphatic imine (C=N–C) groups is 1. The molecule has 0 unspecified atom stereocenters. The Hall–Kier alpha value is -2.80. The zero-order valence-electron chi connectivity index (χ0n) is 15.4. The van der Waals surface area contributed by atoms with Crippen molar-refractivity contribution in [3.63, 3.8) is 0 Å². The minimum atomic E-state index is -0.0964. The van der Waals surface area contributed by atoms with Gasteiger partial charge in [-0.2, -0.15) is 4.99 Å². The molecule has 0 bridgehead atoms. The normalized spacial score (nSPS) is 13.6. The van der Waals surface area contributed by atoms with E-state index in [4.69, 9.17) is 4.74 Å². The van der Waals surface area contributed by atoms with E-state index in [1.54, 1.807) is 5.01 Å². The van der Waals surface area contributed by atoms with Crippen LogP contribution >= 0.6 is 11.8 Å². The van der Waals surface area contributed by atoms with Gasteiger partial charge in [-0.1, -0.05) is 49.0 Å². The molecule has 3 rings (SSSR count). The van der Waals surface area contributed by atoms with Crippen LogP contribution in [0.3, 0.4) is 0 Å². The van der Waals surface area contributed by atoms with Gasteiger partial charge in [-0.25, -0.2) is 0 Å². The minimum Gasteiger partial charge on any atom is -0.441 e. The summed E-state index contributed by atoms with van der Waals surface area (Å²) >= 11 is 1.28. The van der Waals surface area contributed by atoms with Gasteiger partial charge in [0.05, 0.1) is 5.75 Å². The van der Waals surface area contributed by atoms with Crippen molar-refractivity contribution in [3.8, 4) is 5.75 Å². The molecule has 1 aliphatic rings. The lowest BCUT2D eigenvalue weighted by atomic mass is 10.1. The monoisotopic (exact) mass is 382 g/mol. The summed E-state index contributed by atoms with van der Waals surface area (Å²) in [7, 11) is 1.85. The number of anilines is 1. The quantitative estimate of drug-likeness (QED) is 0.858. The molecule has 1 aliphatic heterocycles. The summed E-state index contributed by atoms with van der Waals surface area (Å²) in [4.78, 5) is 16.6. The second-order valence-corrected chi connectivity index (χ2v) is 6.95. The summed E-state index contributed by atoms with van der Waals surface area (Å²) in [5.41, 5.74) is 2.03. The molecule has 0 spiro atoms. The molecular formula is C20H22N4O2S. The fourth-order valence-electron chi connectivity index (χ4n) is 2.43. The van der Waals surface area contributed by atoms with E-state index in [9.17, 15) is 4.79 Å². The summed E-state index contributed by atoms with van der Waals surface area (Å²) < 4.78 is 5.79. The maximum Gasteiger partial charge on any atom is 0.234 e. The lowest BCUT2D eigenvalue weighted by Crippen LogP contribution is -2.31. The summed E-state index contributed by atoms with van der Waals surface area (Å²) in [6.07, 6.45) is 0.975. The number of nitrogens with zero attached hydrogens (tertiary/aromatic N) is 3. The van der Waals surface area contributed by atoms with Crippen LogP contribution in [0.25, 0.3) is 0 Å². The number of carbonyl (C=O) groups excluding carboxylic acids is 1. The number of amides is 1. The number of aryl methyl sites for hydroxylation is 1. The first kappa shape index (κ1) is 19.0. The molecule has 1 N–H and O–H groups in total. The molecule has 1 heterocycles. The van der Waals surface area contributed by atoms with E-state index in [-0.39, 0.29) is 11.7 Å². The van der Waals surface area contributed by atoms with E-state index in [2.05, 4.69) is 22.3 Å². The van der Waals surface area contributed by atoms with Gasteiger partial charge in [0.25, 0.3) is 0 Å². The number of nitrogens with one attached hydrogen (secondary N) is 1. The van der Waals surface area contributed by atoms with Gasteiger partial charge in [0, 0.05) is 12.7 Å². The molecule has 2 aromatic rings. The van der Waals surface area contributed by atoms with E-state index >= 15 is 0 Å². The summed E-state index contributed by atoms with van der Waals surface area (Å²) in [6.45, 7) is 2.58. The van der Waals surface area contributed by atoms with Gasteiger partial charge in [-0.15, -0.1) is 5.10 Å². The lowest BCUT2D eigenvalue weighted by Gasteiger charge is -2.20. The van der Waals surface area contributed by atoms with Crippen LogP contribution in [-0.2, 0) is 11.2 Å². The average Bonchev–Trinajstić information content (AvgIpc) is 2.67. The molecule has 0 atom stereocenters. The molecule has 7 heteroatoms. The van der Waals surface area contributed by atoms with Gasteiger partial charge in [0.2, 0.25) is 17.0 Å². The molecule has 2 aromatic carbocycles. The van der Waals surface area contributed by atoms with Crippen molar-refractivity contribution >= 4 is 34.4 Å². The van der Waals surface area contributed by atoms with Gasteiger partial charge in [0.15, 0.2) is 0 Å². The third-order valence-corrected chi connectivity index (χ3v) is 4.64. The van der Waals surface area contributed by atoms with Crippen LogP contribution in [0.1, 0.15) is 12.5 Å². The molecular weight excluding hydrogens is 360 g/mol. The third kappa shape index (κ3) is 5.86. The topological polar surface area (TPSA) is 66.3 Å². The lowest BCUT2D eigenvalue weighted by molar-refractivity contribution is -0.113. The van der Waals surface area contributed by atoms with Crippen LogP contribution in [0, 0.1) is 0 Å². The molecule has 0 radical (unpaired) electrons. The number of hydrazone groups is 1. The Morgan fingerprint density at radius 3 is 2.63 bits per heavy atom. The number of hydrogen-bond donors (Lipinski definition) is 1. The van der Waals surface area contributed by atoms with Gasteiger partial charge in [-0.3, -0.25) is 9.80 Å². The van der Waals surface area contributed by atoms with Crippen LogP contribution in [0.4, 0.5) is 5.69 Å². The van der Waals surface area contributed by atoms with E-state index in [1.807, 2.05) is 61.6 Å². The zero-order chi connectivity index (χ0) is 19.1. The fraction of sp³-hybridized carbons (Fsp3) is 0.250. The number of ether oxygens (including phenoxy) is 1. The highest BCUT2D eigenvalue weighted by Gasteiger charge is 2.16. The Bertz CT molecular complexity index is 835. The molecule has 0 fully saturated rings. The van der Waals surface area contributed by atoms with E-state index < -0.39 is 0 Å². The minimum absolute atomic E-state index is 0.0964. The predicted molar refractivity (Wildman–Crippen MR) is 111 cm³/mol. The number of para-hydroxylation sites is 1. The van der Waals surface area contributed by atoms with Gasteiger partial charge >= 0.3 is 0 Å². The predicted octanol–water partition coefficient (Wildman–Crippen LogP) is 3.61. The fourth-order valence-corrected chi connectivity index (χ4v) is 3.13. The second kappa shape index (κ2) is 9.23. The van der Waals surface area contributed by atoms with Crippen LogP contribution in [0.15, 0.2) is 64.7 Å². The number of likely N-dealkylation sites (N-methyl/N-ethyl adjacent to an activating group) is 1. The molecule has 1 amide bonds. The molecule has 0 saturated carbocycles. The first-order valence-corrected chi connectivity index (χ1v) is 9.72. The second-order valence-electron chi connectivity index (χ2n) is 6.01. The van der Waals surface area contributed by atoms with Crippen molar-refractivity contribution in [2.24, 2.45) is 10.1 Å². The van der Waals surface area contributed by atoms with Crippen LogP contribution in [0.2, 0.25) is 0 Å². The standard InChI is InChI=1S/C20H22N4O2S/c1-3-15-9-11-16(12-10-15)21-18(25)14-27-20-22-19(13-24(2)23-20)26-17-7-5-4-6-8-17/h4-12H,3,13-14H2,1-2H3,(H,21,25). The Morgan fingerprint density at radius 1 is 1.19 bits per heavy atom. The first-order valence-electron chi connectivity index (χ1n) is 8.74. The summed E-state index contributed by atoms with van der Waals surface area (Å²) in [5.74, 6) is 1.41. The van der Waals surface area contributed by atoms with E-state index in [0.717, 1.165) is 17.9 Å². The van der Waals surface area contributed by atoms with E-state index in [1.165, 1.54) is 17.3 Å². The number of amidine groups is 1. The van der Waals surface area contributed by atoms with Crippen LogP contribution in [-0.4, -0.2) is 41.3 Å². The zero-order valence-corrected chi connectivity index (χ0v) is 16.2. The Kier molecular flexibility index (Phi) is 6.49. The highest BCUT2D eigenvalue weighted by Crippen LogP contribution is 2.16. The number of hydrogen-bond acceptors (Lipinski definition) is 6. The number of thioether (sulfide) groups is 1. The van der Waals surface area contributed by atoms with Crippen molar-refractivity contribution in [3.05, 3.63) is 60.2 Å². The average molecular weight is 382 g/mol. The summed E-state index contributed by atoms with van der Waals surface area (Å²) in [6, 6.07) is 17.3. The number of benzene rings is 2. The van der Waals surface area contributed by atoms with Crippen molar-refractivity contribution < 1.29 is 9.53 Å². The Morgan fingerprint density at radius 2 is 1.93 bits per heavy atom. The molecule has 140 valence electrons. The largest absolute Gasteiger partial charge is 0.441 e. The van der Waals surface area contributed by atoms with Gasteiger partial charge < -0.3 is 10.1 Å². The molecule has 0 saturated heterocycles. The van der Waals surface area contributed by atoms with Crippen molar-refractivity contribution in [2.45, 2.75) is 13.3 Å². The molecule has 6 nitrogen and oxygen atoms in total. The van der Waals surface area contributed by atoms with Crippen molar-refractivity contribution in [1.29, 1.82) is 0 Å². The Balaban J connectivity index is 1.54. The van der Waals surface area contributed by atoms with Gasteiger partial charge in [0.1, 0.15) is 12.3 Å². The highest BCUT2D eigenvalue weighted by atomic mass is 32.2. The van der Waals surface area contributed by atoms with Gasteiger partial charge in [-0.05, 0) is 36.2 Å². The maximum absolute atomic E-state index is 12.2. The molecule has 0 aliphatic carbocycles. The first-order chi connectivity index (χ1) is 13.1. The molecule has 27 heavy (non-hydrogen) atoms. The SMILES string of the molecule is CCc1ccc(NC(=O)CSC2=NN(C)CC(Oc3ccccc3)=N2)cc1. The highest BCUT2D eigenvalue weighted by molar-refractivity contribution is 8.14. The number of rotatable bonds is 5.